The number of anilines is 1. The van der Waals surface area contributed by atoms with Crippen LogP contribution < -0.4 is 10.1 Å². The molecule has 0 aliphatic heterocycles. The molecule has 0 unspecified atom stereocenters. The zero-order valence-electron chi connectivity index (χ0n) is 17.2. The third kappa shape index (κ3) is 4.36. The molecule has 7 heteroatoms. The van der Waals surface area contributed by atoms with E-state index in [9.17, 15) is 13.6 Å². The Kier molecular flexibility index (Phi) is 5.97. The van der Waals surface area contributed by atoms with Gasteiger partial charge in [-0.1, -0.05) is 23.7 Å². The predicted octanol–water partition coefficient (Wildman–Crippen LogP) is 7.08. The van der Waals surface area contributed by atoms with Crippen LogP contribution >= 0.6 is 11.6 Å². The molecule has 0 atom stereocenters. The Labute approximate surface area is 188 Å². The lowest BCUT2D eigenvalue weighted by Crippen LogP contribution is -2.08. The summed E-state index contributed by atoms with van der Waals surface area (Å²) in [5.74, 6) is -0.759. The highest BCUT2D eigenvalue weighted by Gasteiger charge is 2.15. The van der Waals surface area contributed by atoms with Crippen LogP contribution in [0.5, 0.6) is 5.75 Å². The summed E-state index contributed by atoms with van der Waals surface area (Å²) in [5.41, 5.74) is 3.90. The Balaban J connectivity index is 1.69. The minimum absolute atomic E-state index is 0.0797. The van der Waals surface area contributed by atoms with Gasteiger partial charge in [-0.05, 0) is 54.5 Å². The number of methoxy groups -OCH3 is 1. The van der Waals surface area contributed by atoms with Crippen molar-refractivity contribution in [1.29, 1.82) is 0 Å². The first-order valence-corrected chi connectivity index (χ1v) is 10.0. The fraction of sp³-hybridized carbons (Fsp3) is 0.0800. The van der Waals surface area contributed by atoms with E-state index in [0.717, 1.165) is 16.5 Å². The molecular formula is C25H18ClF2NO3. The number of ether oxygens (including phenoxy) is 1. The third-order valence-corrected chi connectivity index (χ3v) is 5.30. The van der Waals surface area contributed by atoms with Gasteiger partial charge >= 0.3 is 0 Å². The van der Waals surface area contributed by atoms with Crippen molar-refractivity contribution in [1.82, 2.24) is 0 Å². The highest BCUT2D eigenvalue weighted by molar-refractivity contribution is 6.31. The predicted molar refractivity (Wildman–Crippen MR) is 122 cm³/mol. The number of carbonyl (C=O) groups excluding carboxylic acids is 1. The van der Waals surface area contributed by atoms with Gasteiger partial charge in [0.15, 0.2) is 0 Å². The van der Waals surface area contributed by atoms with Crippen molar-refractivity contribution in [2.45, 2.75) is 6.92 Å². The Morgan fingerprint density at radius 3 is 2.53 bits per heavy atom. The quantitative estimate of drug-likeness (QED) is 0.328. The van der Waals surface area contributed by atoms with E-state index in [2.05, 4.69) is 5.32 Å². The number of allylic oxidation sites excluding steroid dienone is 1. The van der Waals surface area contributed by atoms with Crippen LogP contribution in [-0.4, -0.2) is 13.0 Å². The monoisotopic (exact) mass is 453 g/mol. The molecule has 1 N–H and O–H groups in total. The van der Waals surface area contributed by atoms with Gasteiger partial charge in [-0.25, -0.2) is 8.78 Å². The molecule has 0 saturated heterocycles. The van der Waals surface area contributed by atoms with Crippen molar-refractivity contribution < 1.29 is 22.7 Å². The fourth-order valence-electron chi connectivity index (χ4n) is 3.41. The summed E-state index contributed by atoms with van der Waals surface area (Å²) in [6.45, 7) is 1.78. The minimum Gasteiger partial charge on any atom is -0.496 e. The van der Waals surface area contributed by atoms with Crippen molar-refractivity contribution in [3.8, 4) is 16.9 Å². The van der Waals surface area contributed by atoms with Crippen molar-refractivity contribution >= 4 is 39.7 Å². The number of halogens is 3. The molecule has 0 aliphatic carbocycles. The summed E-state index contributed by atoms with van der Waals surface area (Å²) in [6.07, 6.45) is 3.02. The molecule has 32 heavy (non-hydrogen) atoms. The summed E-state index contributed by atoms with van der Waals surface area (Å²) >= 11 is 5.77. The molecule has 0 saturated carbocycles. The van der Waals surface area contributed by atoms with Gasteiger partial charge in [0.05, 0.1) is 18.4 Å². The number of carbonyl (C=O) groups is 1. The van der Waals surface area contributed by atoms with Gasteiger partial charge in [-0.15, -0.1) is 0 Å². The maximum atomic E-state index is 13.3. The van der Waals surface area contributed by atoms with E-state index in [4.69, 9.17) is 20.8 Å². The Morgan fingerprint density at radius 2 is 1.84 bits per heavy atom. The summed E-state index contributed by atoms with van der Waals surface area (Å²) in [7, 11) is 1.53. The van der Waals surface area contributed by atoms with Crippen LogP contribution in [0.2, 0.25) is 5.02 Å². The molecule has 0 fully saturated rings. The number of amides is 1. The Morgan fingerprint density at radius 1 is 1.09 bits per heavy atom. The van der Waals surface area contributed by atoms with Crippen LogP contribution in [-0.2, 0) is 4.79 Å². The van der Waals surface area contributed by atoms with E-state index < -0.39 is 11.7 Å². The highest BCUT2D eigenvalue weighted by atomic mass is 35.5. The molecular weight excluding hydrogens is 436 g/mol. The SMILES string of the molecule is COc1cc2occ(-c3ccc(F)cc3)c2cc1/C(C)=C/C(=O)Nc1ccc(F)c(Cl)c1. The topological polar surface area (TPSA) is 51.5 Å². The number of fused-ring (bicyclic) bond motifs is 1. The third-order valence-electron chi connectivity index (χ3n) is 5.01. The summed E-state index contributed by atoms with van der Waals surface area (Å²) in [4.78, 5) is 12.5. The van der Waals surface area contributed by atoms with E-state index in [1.165, 1.54) is 43.5 Å². The molecule has 4 nitrogen and oxygen atoms in total. The molecule has 162 valence electrons. The first kappa shape index (κ1) is 21.6. The van der Waals surface area contributed by atoms with Gasteiger partial charge in [-0.3, -0.25) is 4.79 Å². The second-order valence-electron chi connectivity index (χ2n) is 7.15. The first-order chi connectivity index (χ1) is 15.4. The molecule has 1 heterocycles. The normalized spacial score (nSPS) is 11.6. The second kappa shape index (κ2) is 8.85. The maximum absolute atomic E-state index is 13.3. The molecule has 3 aromatic carbocycles. The van der Waals surface area contributed by atoms with Crippen molar-refractivity contribution in [3.63, 3.8) is 0 Å². The highest BCUT2D eigenvalue weighted by Crippen LogP contribution is 2.37. The van der Waals surface area contributed by atoms with Crippen LogP contribution in [0.1, 0.15) is 12.5 Å². The van der Waals surface area contributed by atoms with Crippen molar-refractivity contribution in [3.05, 3.63) is 89.2 Å². The number of furan rings is 1. The summed E-state index contributed by atoms with van der Waals surface area (Å²) in [5, 5.41) is 3.38. The molecule has 1 amide bonds. The number of nitrogens with one attached hydrogen (secondary N) is 1. The van der Waals surface area contributed by atoms with Gasteiger partial charge in [0.1, 0.15) is 23.0 Å². The minimum atomic E-state index is -0.563. The van der Waals surface area contributed by atoms with Gasteiger partial charge in [-0.2, -0.15) is 0 Å². The Hall–Kier alpha value is -3.64. The smallest absolute Gasteiger partial charge is 0.248 e. The van der Waals surface area contributed by atoms with E-state index in [1.54, 1.807) is 31.4 Å². The van der Waals surface area contributed by atoms with Gasteiger partial charge < -0.3 is 14.5 Å². The van der Waals surface area contributed by atoms with Crippen LogP contribution in [0.15, 0.2) is 71.4 Å². The summed E-state index contributed by atoms with van der Waals surface area (Å²) in [6, 6.07) is 13.7. The Bertz CT molecular complexity index is 1340. The molecule has 0 radical (unpaired) electrons. The van der Waals surface area contributed by atoms with Crippen LogP contribution in [0.4, 0.5) is 14.5 Å². The number of benzene rings is 3. The molecule has 0 spiro atoms. The van der Waals surface area contributed by atoms with Gasteiger partial charge in [0.2, 0.25) is 5.91 Å². The van der Waals surface area contributed by atoms with E-state index in [1.807, 2.05) is 6.07 Å². The second-order valence-corrected chi connectivity index (χ2v) is 7.56. The first-order valence-electron chi connectivity index (χ1n) is 9.65. The zero-order chi connectivity index (χ0) is 22.8. The fourth-order valence-corrected chi connectivity index (χ4v) is 3.59. The molecule has 4 rings (SSSR count). The van der Waals surface area contributed by atoms with Gasteiger partial charge in [0.25, 0.3) is 0 Å². The average Bonchev–Trinajstić information content (AvgIpc) is 3.18. The average molecular weight is 454 g/mol. The van der Waals surface area contributed by atoms with Crippen LogP contribution in [0.3, 0.4) is 0 Å². The lowest BCUT2D eigenvalue weighted by atomic mass is 9.99. The molecule has 0 aliphatic rings. The van der Waals surface area contributed by atoms with Gasteiger partial charge in [0, 0.05) is 34.3 Å². The lowest BCUT2D eigenvalue weighted by Gasteiger charge is -2.10. The zero-order valence-corrected chi connectivity index (χ0v) is 18.0. The number of rotatable bonds is 5. The van der Waals surface area contributed by atoms with Crippen molar-refractivity contribution in [2.24, 2.45) is 0 Å². The lowest BCUT2D eigenvalue weighted by molar-refractivity contribution is -0.111. The molecule has 0 bridgehead atoms. The van der Waals surface area contributed by atoms with Crippen LogP contribution in [0.25, 0.3) is 27.7 Å². The van der Waals surface area contributed by atoms with E-state index >= 15 is 0 Å². The van der Waals surface area contributed by atoms with E-state index in [-0.39, 0.29) is 10.8 Å². The van der Waals surface area contributed by atoms with Crippen molar-refractivity contribution in [2.75, 3.05) is 12.4 Å². The van der Waals surface area contributed by atoms with Crippen LogP contribution in [0, 0.1) is 11.6 Å². The largest absolute Gasteiger partial charge is 0.496 e. The maximum Gasteiger partial charge on any atom is 0.248 e. The standard InChI is InChI=1S/C25H18ClF2NO3/c1-14(9-25(30)29-17-7-8-22(28)21(26)10-17)18-11-19-20(15-3-5-16(27)6-4-15)13-32-24(19)12-23(18)31-2/h3-13H,1-2H3,(H,29,30)/b14-9+. The molecule has 1 aromatic heterocycles. The van der Waals surface area contributed by atoms with E-state index in [0.29, 0.717) is 28.2 Å². The number of hydrogen-bond donors (Lipinski definition) is 1. The number of hydrogen-bond acceptors (Lipinski definition) is 3. The molecule has 4 aromatic rings. The summed E-state index contributed by atoms with van der Waals surface area (Å²) < 4.78 is 37.8.